The van der Waals surface area contributed by atoms with E-state index in [1.54, 1.807) is 0 Å². The first-order chi connectivity index (χ1) is 9.90. The van der Waals surface area contributed by atoms with Gasteiger partial charge in [-0.15, -0.1) is 0 Å². The van der Waals surface area contributed by atoms with E-state index < -0.39 is 29.0 Å². The molecule has 2 amide bonds. The van der Waals surface area contributed by atoms with Crippen molar-refractivity contribution in [2.45, 2.75) is 31.7 Å². The van der Waals surface area contributed by atoms with Crippen LogP contribution in [0.2, 0.25) is 0 Å². The molecule has 0 aliphatic heterocycles. The molecule has 0 spiro atoms. The zero-order valence-corrected chi connectivity index (χ0v) is 12.8. The molecule has 0 unspecified atom stereocenters. The van der Waals surface area contributed by atoms with Crippen LogP contribution in [-0.2, 0) is 4.79 Å². The minimum atomic E-state index is -0.959. The van der Waals surface area contributed by atoms with Gasteiger partial charge in [-0.05, 0) is 25.0 Å². The average molecular weight is 361 g/mol. The number of nitrogens with zero attached hydrogens (tertiary/aromatic N) is 1. The van der Waals surface area contributed by atoms with Crippen LogP contribution in [0.25, 0.3) is 0 Å². The van der Waals surface area contributed by atoms with Crippen molar-refractivity contribution in [2.75, 3.05) is 6.54 Å². The van der Waals surface area contributed by atoms with Crippen LogP contribution in [0.4, 0.5) is 8.78 Å². The van der Waals surface area contributed by atoms with Crippen molar-refractivity contribution in [3.05, 3.63) is 33.8 Å². The van der Waals surface area contributed by atoms with Gasteiger partial charge in [0.05, 0.1) is 6.54 Å². The molecular formula is C14H15BrF2N2O2. The fourth-order valence-electron chi connectivity index (χ4n) is 2.64. The van der Waals surface area contributed by atoms with Gasteiger partial charge >= 0.3 is 0 Å². The molecule has 2 N–H and O–H groups in total. The van der Waals surface area contributed by atoms with Gasteiger partial charge in [-0.2, -0.15) is 0 Å². The van der Waals surface area contributed by atoms with Crippen molar-refractivity contribution >= 4 is 27.7 Å². The maximum Gasteiger partial charge on any atom is 0.260 e. The lowest BCUT2D eigenvalue weighted by Crippen LogP contribution is -2.44. The van der Waals surface area contributed by atoms with Crippen molar-refractivity contribution < 1.29 is 18.4 Å². The quantitative estimate of drug-likeness (QED) is 0.896. The molecule has 1 aromatic rings. The topological polar surface area (TPSA) is 63.4 Å². The molecular weight excluding hydrogens is 346 g/mol. The molecule has 21 heavy (non-hydrogen) atoms. The predicted octanol–water partition coefficient (Wildman–Crippen LogP) is 2.60. The predicted molar refractivity (Wildman–Crippen MR) is 76.5 cm³/mol. The Morgan fingerprint density at radius 2 is 1.76 bits per heavy atom. The third-order valence-corrected chi connectivity index (χ3v) is 4.03. The number of carbonyl (C=O) groups excluding carboxylic acids is 2. The van der Waals surface area contributed by atoms with E-state index in [2.05, 4.69) is 15.9 Å². The Bertz CT molecular complexity index is 551. The highest BCUT2D eigenvalue weighted by Gasteiger charge is 2.31. The first-order valence-corrected chi connectivity index (χ1v) is 7.43. The summed E-state index contributed by atoms with van der Waals surface area (Å²) in [5, 5.41) is 0. The number of hydrogen-bond acceptors (Lipinski definition) is 2. The molecule has 1 saturated carbocycles. The Kier molecular flexibility index (Phi) is 4.92. The maximum atomic E-state index is 13.9. The second kappa shape index (κ2) is 6.51. The highest BCUT2D eigenvalue weighted by molar-refractivity contribution is 9.10. The van der Waals surface area contributed by atoms with Gasteiger partial charge in [0.2, 0.25) is 5.91 Å². The third kappa shape index (κ3) is 3.58. The van der Waals surface area contributed by atoms with E-state index in [9.17, 15) is 18.4 Å². The van der Waals surface area contributed by atoms with Gasteiger partial charge in [0.15, 0.2) is 0 Å². The molecule has 1 aromatic carbocycles. The van der Waals surface area contributed by atoms with Crippen LogP contribution in [0.15, 0.2) is 16.6 Å². The van der Waals surface area contributed by atoms with E-state index in [0.717, 1.165) is 25.0 Å². The second-order valence-corrected chi connectivity index (χ2v) is 6.00. The number of benzene rings is 1. The lowest BCUT2D eigenvalue weighted by atomic mass is 10.1. The zero-order valence-electron chi connectivity index (χ0n) is 11.2. The van der Waals surface area contributed by atoms with Gasteiger partial charge in [0, 0.05) is 10.5 Å². The van der Waals surface area contributed by atoms with Crippen LogP contribution in [0, 0.1) is 11.6 Å². The van der Waals surface area contributed by atoms with E-state index in [4.69, 9.17) is 5.73 Å². The van der Waals surface area contributed by atoms with Gasteiger partial charge < -0.3 is 10.6 Å². The summed E-state index contributed by atoms with van der Waals surface area (Å²) in [4.78, 5) is 24.8. The van der Waals surface area contributed by atoms with E-state index in [0.29, 0.717) is 12.8 Å². The molecule has 0 radical (unpaired) electrons. The number of halogens is 3. The molecule has 7 heteroatoms. The van der Waals surface area contributed by atoms with Gasteiger partial charge in [-0.1, -0.05) is 28.8 Å². The average Bonchev–Trinajstić information content (AvgIpc) is 2.87. The first-order valence-electron chi connectivity index (χ1n) is 6.64. The number of nitrogens with two attached hydrogens (primary N) is 1. The number of primary amides is 1. The molecule has 0 saturated heterocycles. The number of amides is 2. The van der Waals surface area contributed by atoms with Crippen LogP contribution in [-0.4, -0.2) is 29.3 Å². The van der Waals surface area contributed by atoms with Crippen LogP contribution in [0.3, 0.4) is 0 Å². The molecule has 0 atom stereocenters. The molecule has 0 bridgehead atoms. The summed E-state index contributed by atoms with van der Waals surface area (Å²) in [6, 6.07) is 1.84. The Balaban J connectivity index is 2.35. The smallest absolute Gasteiger partial charge is 0.260 e. The molecule has 1 fully saturated rings. The maximum absolute atomic E-state index is 13.9. The second-order valence-electron chi connectivity index (χ2n) is 5.08. The van der Waals surface area contributed by atoms with Crippen LogP contribution >= 0.6 is 15.9 Å². The van der Waals surface area contributed by atoms with E-state index in [-0.39, 0.29) is 17.1 Å². The van der Waals surface area contributed by atoms with Gasteiger partial charge in [0.1, 0.15) is 17.2 Å². The molecule has 1 aliphatic rings. The molecule has 0 aromatic heterocycles. The molecule has 0 heterocycles. The van der Waals surface area contributed by atoms with Crippen molar-refractivity contribution in [1.82, 2.24) is 4.90 Å². The third-order valence-electron chi connectivity index (χ3n) is 3.57. The van der Waals surface area contributed by atoms with Crippen LogP contribution in [0.5, 0.6) is 0 Å². The summed E-state index contributed by atoms with van der Waals surface area (Å²) in [5.41, 5.74) is 4.50. The first kappa shape index (κ1) is 15.9. The fraction of sp³-hybridized carbons (Fsp3) is 0.429. The molecule has 1 aliphatic carbocycles. The Morgan fingerprint density at radius 1 is 1.24 bits per heavy atom. The SMILES string of the molecule is NC(=O)CN(C(=O)c1c(F)cc(Br)cc1F)C1CCCC1. The molecule has 2 rings (SSSR count). The van der Waals surface area contributed by atoms with Crippen molar-refractivity contribution in [3.8, 4) is 0 Å². The van der Waals surface area contributed by atoms with Crippen molar-refractivity contribution in [1.29, 1.82) is 0 Å². The lowest BCUT2D eigenvalue weighted by molar-refractivity contribution is -0.119. The zero-order chi connectivity index (χ0) is 15.6. The minimum Gasteiger partial charge on any atom is -0.368 e. The monoisotopic (exact) mass is 360 g/mol. The van der Waals surface area contributed by atoms with E-state index in [1.807, 2.05) is 0 Å². The Hall–Kier alpha value is -1.50. The summed E-state index contributed by atoms with van der Waals surface area (Å²) in [5.74, 6) is -3.45. The lowest BCUT2D eigenvalue weighted by Gasteiger charge is -2.28. The number of hydrogen-bond donors (Lipinski definition) is 1. The summed E-state index contributed by atoms with van der Waals surface area (Å²) in [6.45, 7) is -0.335. The van der Waals surface area contributed by atoms with Gasteiger partial charge in [-0.3, -0.25) is 9.59 Å². The highest BCUT2D eigenvalue weighted by Crippen LogP contribution is 2.27. The molecule has 4 nitrogen and oxygen atoms in total. The summed E-state index contributed by atoms with van der Waals surface area (Å²) in [7, 11) is 0. The summed E-state index contributed by atoms with van der Waals surface area (Å²) in [6.07, 6.45) is 3.24. The summed E-state index contributed by atoms with van der Waals surface area (Å²) >= 11 is 2.96. The van der Waals surface area contributed by atoms with Crippen molar-refractivity contribution in [2.24, 2.45) is 5.73 Å². The minimum absolute atomic E-state index is 0.201. The van der Waals surface area contributed by atoms with Crippen LogP contribution < -0.4 is 5.73 Å². The van der Waals surface area contributed by atoms with Crippen molar-refractivity contribution in [3.63, 3.8) is 0 Å². The summed E-state index contributed by atoms with van der Waals surface area (Å²) < 4.78 is 28.0. The normalized spacial score (nSPS) is 15.2. The van der Waals surface area contributed by atoms with E-state index in [1.165, 1.54) is 4.90 Å². The Labute approximate surface area is 129 Å². The highest BCUT2D eigenvalue weighted by atomic mass is 79.9. The molecule has 114 valence electrons. The fourth-order valence-corrected chi connectivity index (χ4v) is 3.04. The Morgan fingerprint density at radius 3 is 2.24 bits per heavy atom. The number of rotatable bonds is 4. The van der Waals surface area contributed by atoms with Gasteiger partial charge in [-0.25, -0.2) is 8.78 Å². The van der Waals surface area contributed by atoms with Gasteiger partial charge in [0.25, 0.3) is 5.91 Å². The standard InChI is InChI=1S/C14H15BrF2N2O2/c15-8-5-10(16)13(11(17)6-8)14(21)19(7-12(18)20)9-3-1-2-4-9/h5-6,9H,1-4,7H2,(H2,18,20). The number of carbonyl (C=O) groups is 2. The van der Waals surface area contributed by atoms with Crippen LogP contribution in [0.1, 0.15) is 36.0 Å². The van der Waals surface area contributed by atoms with E-state index >= 15 is 0 Å². The largest absolute Gasteiger partial charge is 0.368 e.